The van der Waals surface area contributed by atoms with Gasteiger partial charge in [-0.15, -0.1) is 0 Å². The molecule has 0 bridgehead atoms. The van der Waals surface area contributed by atoms with Gasteiger partial charge in [0.1, 0.15) is 0 Å². The second kappa shape index (κ2) is 5.73. The molecule has 88 valence electrons. The summed E-state index contributed by atoms with van der Waals surface area (Å²) in [6.07, 6.45) is 2.67. The second-order valence-electron chi connectivity index (χ2n) is 4.69. The molecule has 0 fully saturated rings. The molecule has 0 aromatic carbocycles. The average molecular weight is 220 g/mol. The van der Waals surface area contributed by atoms with Gasteiger partial charge >= 0.3 is 0 Å². The molecule has 1 aromatic rings. The predicted molar refractivity (Wildman–Crippen MR) is 64.5 cm³/mol. The maximum absolute atomic E-state index is 11.9. The molecule has 0 N–H and O–H groups in total. The van der Waals surface area contributed by atoms with Crippen LogP contribution in [0.1, 0.15) is 54.9 Å². The number of rotatable bonds is 5. The van der Waals surface area contributed by atoms with E-state index in [0.29, 0.717) is 12.3 Å². The SMILES string of the molecule is Cc1cc(C(=O)CCCC(C)C)c(C)nn1. The minimum absolute atomic E-state index is 0.191. The number of nitrogens with zero attached hydrogens (tertiary/aromatic N) is 2. The van der Waals surface area contributed by atoms with E-state index in [1.54, 1.807) is 0 Å². The van der Waals surface area contributed by atoms with Crippen molar-refractivity contribution in [1.82, 2.24) is 10.2 Å². The lowest BCUT2D eigenvalue weighted by Crippen LogP contribution is -2.06. The Hall–Kier alpha value is -1.25. The fourth-order valence-electron chi connectivity index (χ4n) is 1.64. The summed E-state index contributed by atoms with van der Waals surface area (Å²) in [6, 6.07) is 1.83. The molecule has 0 aliphatic rings. The first kappa shape index (κ1) is 12.8. The molecule has 0 saturated heterocycles. The summed E-state index contributed by atoms with van der Waals surface area (Å²) >= 11 is 0. The van der Waals surface area contributed by atoms with Crippen LogP contribution < -0.4 is 0 Å². The molecule has 0 amide bonds. The number of aryl methyl sites for hydroxylation is 2. The quantitative estimate of drug-likeness (QED) is 0.716. The number of carbonyl (C=O) groups is 1. The minimum Gasteiger partial charge on any atom is -0.294 e. The molecule has 0 aliphatic heterocycles. The Labute approximate surface area is 97.3 Å². The van der Waals surface area contributed by atoms with Crippen molar-refractivity contribution in [1.29, 1.82) is 0 Å². The first-order valence-corrected chi connectivity index (χ1v) is 5.85. The van der Waals surface area contributed by atoms with Crippen LogP contribution in [0.5, 0.6) is 0 Å². The summed E-state index contributed by atoms with van der Waals surface area (Å²) in [4.78, 5) is 11.9. The normalized spacial score (nSPS) is 10.8. The number of ketones is 1. The lowest BCUT2D eigenvalue weighted by Gasteiger charge is -2.06. The lowest BCUT2D eigenvalue weighted by molar-refractivity contribution is 0.0977. The molecule has 1 heterocycles. The molecule has 1 aromatic heterocycles. The van der Waals surface area contributed by atoms with Crippen LogP contribution in [0, 0.1) is 19.8 Å². The Balaban J connectivity index is 2.62. The first-order valence-electron chi connectivity index (χ1n) is 5.85. The van der Waals surface area contributed by atoms with E-state index in [4.69, 9.17) is 0 Å². The van der Waals surface area contributed by atoms with Crippen molar-refractivity contribution >= 4 is 5.78 Å². The van der Waals surface area contributed by atoms with Gasteiger partial charge in [-0.1, -0.05) is 20.3 Å². The van der Waals surface area contributed by atoms with Crippen LogP contribution in [0.3, 0.4) is 0 Å². The average Bonchev–Trinajstić information content (AvgIpc) is 2.21. The fraction of sp³-hybridized carbons (Fsp3) is 0.615. The zero-order chi connectivity index (χ0) is 12.1. The van der Waals surface area contributed by atoms with Gasteiger partial charge in [0, 0.05) is 12.0 Å². The topological polar surface area (TPSA) is 42.9 Å². The van der Waals surface area contributed by atoms with Gasteiger partial charge < -0.3 is 0 Å². The second-order valence-corrected chi connectivity index (χ2v) is 4.69. The van der Waals surface area contributed by atoms with E-state index in [-0.39, 0.29) is 5.78 Å². The predicted octanol–water partition coefficient (Wildman–Crippen LogP) is 3.10. The van der Waals surface area contributed by atoms with Crippen molar-refractivity contribution in [3.05, 3.63) is 23.0 Å². The highest BCUT2D eigenvalue weighted by molar-refractivity contribution is 5.96. The van der Waals surface area contributed by atoms with Gasteiger partial charge in [0.2, 0.25) is 0 Å². The number of Topliss-reactive ketones (excluding diaryl/α,β-unsaturated/α-hetero) is 1. The molecule has 0 saturated carbocycles. The van der Waals surface area contributed by atoms with Gasteiger partial charge in [0.25, 0.3) is 0 Å². The molecule has 0 atom stereocenters. The van der Waals surface area contributed by atoms with Crippen molar-refractivity contribution in [2.24, 2.45) is 5.92 Å². The van der Waals surface area contributed by atoms with Crippen molar-refractivity contribution in [2.75, 3.05) is 0 Å². The van der Waals surface area contributed by atoms with Crippen LogP contribution in [0.4, 0.5) is 0 Å². The Bertz CT molecular complexity index is 372. The number of hydrogen-bond acceptors (Lipinski definition) is 3. The van der Waals surface area contributed by atoms with Crippen LogP contribution in [0.25, 0.3) is 0 Å². The molecule has 3 heteroatoms. The Kier molecular flexibility index (Phi) is 4.59. The summed E-state index contributed by atoms with van der Waals surface area (Å²) in [5.41, 5.74) is 2.27. The van der Waals surface area contributed by atoms with E-state index in [2.05, 4.69) is 24.0 Å². The highest BCUT2D eigenvalue weighted by atomic mass is 16.1. The zero-order valence-electron chi connectivity index (χ0n) is 10.6. The van der Waals surface area contributed by atoms with Crippen LogP contribution in [-0.4, -0.2) is 16.0 Å². The monoisotopic (exact) mass is 220 g/mol. The summed E-state index contributed by atoms with van der Waals surface area (Å²) in [6.45, 7) is 8.04. The van der Waals surface area contributed by atoms with Crippen molar-refractivity contribution in [3.63, 3.8) is 0 Å². The summed E-state index contributed by atoms with van der Waals surface area (Å²) in [5.74, 6) is 0.849. The summed E-state index contributed by atoms with van der Waals surface area (Å²) in [5, 5.41) is 7.90. The van der Waals surface area contributed by atoms with Gasteiger partial charge in [-0.25, -0.2) is 0 Å². The maximum atomic E-state index is 11.9. The number of carbonyl (C=O) groups excluding carboxylic acids is 1. The summed E-state index contributed by atoms with van der Waals surface area (Å²) < 4.78 is 0. The van der Waals surface area contributed by atoms with Crippen molar-refractivity contribution < 1.29 is 4.79 Å². The molecule has 0 spiro atoms. The standard InChI is InChI=1S/C13H20N2O/c1-9(2)6-5-7-13(16)12-8-10(3)14-15-11(12)4/h8-9H,5-7H2,1-4H3. The van der Waals surface area contributed by atoms with Crippen molar-refractivity contribution in [2.45, 2.75) is 47.0 Å². The Morgan fingerprint density at radius 2 is 2.00 bits per heavy atom. The Morgan fingerprint density at radius 1 is 1.31 bits per heavy atom. The molecule has 0 aliphatic carbocycles. The van der Waals surface area contributed by atoms with Crippen molar-refractivity contribution in [3.8, 4) is 0 Å². The minimum atomic E-state index is 0.191. The molecule has 3 nitrogen and oxygen atoms in total. The largest absolute Gasteiger partial charge is 0.294 e. The highest BCUT2D eigenvalue weighted by Gasteiger charge is 2.10. The molecule has 0 unspecified atom stereocenters. The van der Waals surface area contributed by atoms with Crippen LogP contribution in [0.15, 0.2) is 6.07 Å². The number of hydrogen-bond donors (Lipinski definition) is 0. The first-order chi connectivity index (χ1) is 7.50. The Morgan fingerprint density at radius 3 is 2.62 bits per heavy atom. The summed E-state index contributed by atoms with van der Waals surface area (Å²) in [7, 11) is 0. The van der Waals surface area contributed by atoms with E-state index in [0.717, 1.165) is 29.8 Å². The molecular weight excluding hydrogens is 200 g/mol. The third-order valence-corrected chi connectivity index (χ3v) is 2.59. The van der Waals surface area contributed by atoms with Gasteiger partial charge in [-0.3, -0.25) is 4.79 Å². The number of aromatic nitrogens is 2. The molecule has 1 rings (SSSR count). The van der Waals surface area contributed by atoms with Crippen LogP contribution in [-0.2, 0) is 0 Å². The van der Waals surface area contributed by atoms with Crippen LogP contribution in [0.2, 0.25) is 0 Å². The third-order valence-electron chi connectivity index (χ3n) is 2.59. The van der Waals surface area contributed by atoms with E-state index in [1.807, 2.05) is 19.9 Å². The van der Waals surface area contributed by atoms with Gasteiger partial charge in [0.05, 0.1) is 11.4 Å². The maximum Gasteiger partial charge on any atom is 0.164 e. The van der Waals surface area contributed by atoms with E-state index in [1.165, 1.54) is 0 Å². The lowest BCUT2D eigenvalue weighted by atomic mass is 10.0. The molecule has 16 heavy (non-hydrogen) atoms. The van der Waals surface area contributed by atoms with E-state index in [9.17, 15) is 4.79 Å². The smallest absolute Gasteiger partial charge is 0.164 e. The highest BCUT2D eigenvalue weighted by Crippen LogP contribution is 2.13. The molecular formula is C13H20N2O. The fourth-order valence-corrected chi connectivity index (χ4v) is 1.64. The van der Waals surface area contributed by atoms with Crippen LogP contribution >= 0.6 is 0 Å². The van der Waals surface area contributed by atoms with E-state index < -0.39 is 0 Å². The van der Waals surface area contributed by atoms with Gasteiger partial charge in [-0.05, 0) is 32.3 Å². The molecule has 0 radical (unpaired) electrons. The van der Waals surface area contributed by atoms with E-state index >= 15 is 0 Å². The van der Waals surface area contributed by atoms with Gasteiger partial charge in [0.15, 0.2) is 5.78 Å². The van der Waals surface area contributed by atoms with Gasteiger partial charge in [-0.2, -0.15) is 10.2 Å². The third kappa shape index (κ3) is 3.72. The zero-order valence-corrected chi connectivity index (χ0v) is 10.6.